The molecule has 0 aromatic carbocycles. The molecule has 1 saturated heterocycles. The summed E-state index contributed by atoms with van der Waals surface area (Å²) in [7, 11) is 0. The van der Waals surface area contributed by atoms with Crippen LogP contribution in [0.4, 0.5) is 0 Å². The third-order valence-electron chi connectivity index (χ3n) is 4.14. The lowest BCUT2D eigenvalue weighted by Crippen LogP contribution is -2.43. The second kappa shape index (κ2) is 7.70. The zero-order valence-electron chi connectivity index (χ0n) is 13.4. The number of carbonyl (C=O) groups excluding carboxylic acids is 1. The maximum Gasteiger partial charge on any atom is 0.234 e. The first kappa shape index (κ1) is 16.1. The number of hydrogen-bond acceptors (Lipinski definition) is 5. The molecule has 3 rings (SSSR count). The van der Waals surface area contributed by atoms with Crippen molar-refractivity contribution in [3.8, 4) is 0 Å². The van der Waals surface area contributed by atoms with E-state index in [-0.39, 0.29) is 5.91 Å². The lowest BCUT2D eigenvalue weighted by molar-refractivity contribution is -0.122. The second-order valence-corrected chi connectivity index (χ2v) is 7.52. The summed E-state index contributed by atoms with van der Waals surface area (Å²) in [5, 5.41) is 7.19. The maximum atomic E-state index is 12.1. The van der Waals surface area contributed by atoms with Crippen LogP contribution in [-0.2, 0) is 17.9 Å². The van der Waals surface area contributed by atoms with Gasteiger partial charge in [0.1, 0.15) is 12.7 Å². The minimum atomic E-state index is 0.109. The highest BCUT2D eigenvalue weighted by molar-refractivity contribution is 7.11. The van der Waals surface area contributed by atoms with E-state index >= 15 is 0 Å². The molecule has 2 aromatic rings. The van der Waals surface area contributed by atoms with Crippen molar-refractivity contribution in [2.24, 2.45) is 5.92 Å². The molecule has 0 saturated carbocycles. The number of thiophene rings is 1. The van der Waals surface area contributed by atoms with Crippen LogP contribution in [0.25, 0.3) is 0 Å². The number of nitrogens with zero attached hydrogens (tertiary/aromatic N) is 4. The number of aryl methyl sites for hydroxylation is 1. The van der Waals surface area contributed by atoms with Gasteiger partial charge in [-0.05, 0) is 44.4 Å². The minimum absolute atomic E-state index is 0.109. The summed E-state index contributed by atoms with van der Waals surface area (Å²) < 4.78 is 1.88. The molecule has 1 atom stereocenters. The first-order chi connectivity index (χ1) is 11.2. The smallest absolute Gasteiger partial charge is 0.234 e. The maximum absolute atomic E-state index is 12.1. The molecule has 2 aromatic heterocycles. The Hall–Kier alpha value is -1.73. The summed E-state index contributed by atoms with van der Waals surface area (Å²) >= 11 is 1.73. The Morgan fingerprint density at radius 1 is 1.48 bits per heavy atom. The summed E-state index contributed by atoms with van der Waals surface area (Å²) in [5.74, 6) is 0.649. The zero-order chi connectivity index (χ0) is 16.1. The van der Waals surface area contributed by atoms with Gasteiger partial charge in [-0.1, -0.05) is 0 Å². The van der Waals surface area contributed by atoms with E-state index in [2.05, 4.69) is 39.4 Å². The van der Waals surface area contributed by atoms with Crippen LogP contribution in [0.5, 0.6) is 0 Å². The predicted molar refractivity (Wildman–Crippen MR) is 90.1 cm³/mol. The summed E-state index contributed by atoms with van der Waals surface area (Å²) in [5.41, 5.74) is 0. The average molecular weight is 333 g/mol. The van der Waals surface area contributed by atoms with Gasteiger partial charge in [0.15, 0.2) is 0 Å². The molecule has 3 heterocycles. The van der Waals surface area contributed by atoms with Crippen molar-refractivity contribution < 1.29 is 4.79 Å². The highest BCUT2D eigenvalue weighted by atomic mass is 32.1. The molecule has 0 unspecified atom stereocenters. The number of rotatable bonds is 6. The van der Waals surface area contributed by atoms with Gasteiger partial charge in [0.25, 0.3) is 0 Å². The van der Waals surface area contributed by atoms with E-state index in [1.807, 2.05) is 4.68 Å². The second-order valence-electron chi connectivity index (χ2n) is 6.15. The number of amides is 1. The molecule has 1 aliphatic heterocycles. The van der Waals surface area contributed by atoms with Gasteiger partial charge in [0.05, 0.1) is 13.1 Å². The van der Waals surface area contributed by atoms with E-state index in [9.17, 15) is 4.79 Å². The van der Waals surface area contributed by atoms with Crippen LogP contribution in [0.2, 0.25) is 0 Å². The van der Waals surface area contributed by atoms with Crippen molar-refractivity contribution in [3.05, 3.63) is 34.5 Å². The van der Waals surface area contributed by atoms with Gasteiger partial charge in [0.2, 0.25) is 5.91 Å². The summed E-state index contributed by atoms with van der Waals surface area (Å²) in [6.45, 7) is 6.03. The van der Waals surface area contributed by atoms with Crippen molar-refractivity contribution in [2.75, 3.05) is 19.6 Å². The molecule has 0 radical (unpaired) electrons. The average Bonchev–Trinajstić information content (AvgIpc) is 3.17. The molecule has 1 fully saturated rings. The summed E-state index contributed by atoms with van der Waals surface area (Å²) in [4.78, 5) is 20.9. The van der Waals surface area contributed by atoms with E-state index in [0.717, 1.165) is 26.1 Å². The topological polar surface area (TPSA) is 63.1 Å². The Morgan fingerprint density at radius 2 is 2.39 bits per heavy atom. The van der Waals surface area contributed by atoms with E-state index in [1.165, 1.54) is 16.2 Å². The fraction of sp³-hybridized carbons (Fsp3) is 0.562. The molecular formula is C16H23N5OS. The van der Waals surface area contributed by atoms with Gasteiger partial charge < -0.3 is 5.32 Å². The van der Waals surface area contributed by atoms with Gasteiger partial charge >= 0.3 is 0 Å². The predicted octanol–water partition coefficient (Wildman–Crippen LogP) is 1.68. The number of piperidine rings is 1. The lowest BCUT2D eigenvalue weighted by Gasteiger charge is -2.32. The van der Waals surface area contributed by atoms with Gasteiger partial charge in [-0.15, -0.1) is 11.3 Å². The Kier molecular flexibility index (Phi) is 5.40. The van der Waals surface area contributed by atoms with Crippen LogP contribution in [0.1, 0.15) is 22.6 Å². The number of likely N-dealkylation sites (tertiary alicyclic amines) is 1. The normalized spacial score (nSPS) is 18.9. The van der Waals surface area contributed by atoms with Crippen LogP contribution in [0, 0.1) is 12.8 Å². The van der Waals surface area contributed by atoms with Crippen LogP contribution in [-0.4, -0.2) is 45.2 Å². The standard InChI is InChI=1S/C16H23N5OS/c1-13-4-5-15(23-13)7-18-16(22)10-20-6-2-3-14(8-20)9-21-12-17-11-19-21/h4-5,11-12,14H,2-3,6-10H2,1H3,(H,18,22)/t14-/m0/s1. The molecular weight excluding hydrogens is 310 g/mol. The Morgan fingerprint density at radius 3 is 3.13 bits per heavy atom. The van der Waals surface area contributed by atoms with Gasteiger partial charge in [-0.3, -0.25) is 14.4 Å². The molecule has 0 bridgehead atoms. The monoisotopic (exact) mass is 333 g/mol. The molecule has 124 valence electrons. The zero-order valence-corrected chi connectivity index (χ0v) is 14.3. The molecule has 1 aliphatic rings. The van der Waals surface area contributed by atoms with Gasteiger partial charge in [-0.25, -0.2) is 4.98 Å². The van der Waals surface area contributed by atoms with Crippen LogP contribution in [0.15, 0.2) is 24.8 Å². The summed E-state index contributed by atoms with van der Waals surface area (Å²) in [6.07, 6.45) is 5.65. The van der Waals surface area contributed by atoms with Crippen LogP contribution in [0.3, 0.4) is 0 Å². The molecule has 1 N–H and O–H groups in total. The number of hydrogen-bond donors (Lipinski definition) is 1. The largest absolute Gasteiger partial charge is 0.350 e. The number of carbonyl (C=O) groups is 1. The third kappa shape index (κ3) is 4.87. The Bertz CT molecular complexity index is 624. The highest BCUT2D eigenvalue weighted by Crippen LogP contribution is 2.18. The third-order valence-corrected chi connectivity index (χ3v) is 5.14. The van der Waals surface area contributed by atoms with Crippen LogP contribution < -0.4 is 5.32 Å². The van der Waals surface area contributed by atoms with E-state index in [1.54, 1.807) is 24.0 Å². The molecule has 23 heavy (non-hydrogen) atoms. The van der Waals surface area contributed by atoms with Crippen LogP contribution >= 0.6 is 11.3 Å². The highest BCUT2D eigenvalue weighted by Gasteiger charge is 2.22. The van der Waals surface area contributed by atoms with Crippen molar-refractivity contribution in [3.63, 3.8) is 0 Å². The number of aromatic nitrogens is 3. The molecule has 1 amide bonds. The fourth-order valence-electron chi connectivity index (χ4n) is 3.06. The first-order valence-corrected chi connectivity index (χ1v) is 8.87. The van der Waals surface area contributed by atoms with E-state index in [0.29, 0.717) is 19.0 Å². The van der Waals surface area contributed by atoms with E-state index < -0.39 is 0 Å². The van der Waals surface area contributed by atoms with Gasteiger partial charge in [-0.2, -0.15) is 5.10 Å². The van der Waals surface area contributed by atoms with Crippen molar-refractivity contribution >= 4 is 17.2 Å². The molecule has 0 spiro atoms. The molecule has 0 aliphatic carbocycles. The Labute approximate surface area is 140 Å². The van der Waals surface area contributed by atoms with E-state index in [4.69, 9.17) is 0 Å². The fourth-order valence-corrected chi connectivity index (χ4v) is 3.89. The van der Waals surface area contributed by atoms with Crippen molar-refractivity contribution in [1.29, 1.82) is 0 Å². The molecule has 6 nitrogen and oxygen atoms in total. The summed E-state index contributed by atoms with van der Waals surface area (Å²) in [6, 6.07) is 4.17. The van der Waals surface area contributed by atoms with Crippen molar-refractivity contribution in [2.45, 2.75) is 32.9 Å². The SMILES string of the molecule is Cc1ccc(CNC(=O)CN2CCC[C@H](Cn3cncn3)C2)s1. The minimum Gasteiger partial charge on any atom is -0.350 e. The molecule has 7 heteroatoms. The van der Waals surface area contributed by atoms with Gasteiger partial charge in [0, 0.05) is 22.8 Å². The Balaban J connectivity index is 1.42. The lowest BCUT2D eigenvalue weighted by atomic mass is 9.98. The quantitative estimate of drug-likeness (QED) is 0.873. The first-order valence-electron chi connectivity index (χ1n) is 8.06. The van der Waals surface area contributed by atoms with Crippen molar-refractivity contribution in [1.82, 2.24) is 25.0 Å². The number of nitrogens with one attached hydrogen (secondary N) is 1.